The quantitative estimate of drug-likeness (QED) is 0.897. The predicted octanol–water partition coefficient (Wildman–Crippen LogP) is 3.70. The van der Waals surface area contributed by atoms with Crippen LogP contribution in [0.25, 0.3) is 0 Å². The van der Waals surface area contributed by atoms with E-state index in [2.05, 4.69) is 21.2 Å². The number of anilines is 1. The van der Waals surface area contributed by atoms with Gasteiger partial charge in [0, 0.05) is 10.2 Å². The van der Waals surface area contributed by atoms with Crippen LogP contribution in [-0.4, -0.2) is 14.2 Å². The minimum Gasteiger partial charge on any atom is -0.377 e. The summed E-state index contributed by atoms with van der Waals surface area (Å²) < 4.78 is 25.3. The summed E-state index contributed by atoms with van der Waals surface area (Å²) in [5.74, 6) is 0.109. The first-order chi connectivity index (χ1) is 9.49. The summed E-state index contributed by atoms with van der Waals surface area (Å²) in [6.45, 7) is 2.00. The van der Waals surface area contributed by atoms with Gasteiger partial charge >= 0.3 is 0 Å². The van der Waals surface area contributed by atoms with Crippen molar-refractivity contribution in [2.45, 2.75) is 17.9 Å². The van der Waals surface area contributed by atoms with E-state index in [9.17, 15) is 8.42 Å². The van der Waals surface area contributed by atoms with Crippen LogP contribution in [0.2, 0.25) is 0 Å². The zero-order valence-electron chi connectivity index (χ0n) is 10.9. The van der Waals surface area contributed by atoms with Crippen molar-refractivity contribution < 1.29 is 8.42 Å². The molecule has 1 atom stereocenters. The van der Waals surface area contributed by atoms with E-state index in [4.69, 9.17) is 0 Å². The van der Waals surface area contributed by atoms with E-state index in [0.29, 0.717) is 4.90 Å². The molecule has 1 aliphatic rings. The summed E-state index contributed by atoms with van der Waals surface area (Å²) in [5, 5.41) is 3.35. The standard InChI is InChI=1S/C15H14BrNO2S/c1-10-12(16)6-4-7-13(10)17-14-9-20(18,19)15-8-3-2-5-11(14)15/h2-8,14,17H,9H2,1H3. The van der Waals surface area contributed by atoms with Gasteiger partial charge in [-0.05, 0) is 36.2 Å². The van der Waals surface area contributed by atoms with Crippen LogP contribution in [0.15, 0.2) is 51.8 Å². The second-order valence-corrected chi connectivity index (χ2v) is 7.79. The molecule has 0 amide bonds. The molecule has 2 aromatic rings. The van der Waals surface area contributed by atoms with Crippen LogP contribution in [-0.2, 0) is 9.84 Å². The minimum absolute atomic E-state index is 0.109. The average Bonchev–Trinajstić information content (AvgIpc) is 2.67. The summed E-state index contributed by atoms with van der Waals surface area (Å²) in [4.78, 5) is 0.449. The van der Waals surface area contributed by atoms with Gasteiger partial charge in [0.25, 0.3) is 0 Å². The van der Waals surface area contributed by atoms with Crippen LogP contribution in [0, 0.1) is 6.92 Å². The summed E-state index contributed by atoms with van der Waals surface area (Å²) in [6, 6.07) is 12.9. The third-order valence-electron chi connectivity index (χ3n) is 3.61. The molecule has 3 nitrogen and oxygen atoms in total. The normalized spacial score (nSPS) is 19.6. The smallest absolute Gasteiger partial charge is 0.181 e. The Morgan fingerprint density at radius 1 is 1.15 bits per heavy atom. The molecule has 0 bridgehead atoms. The Morgan fingerprint density at radius 2 is 1.90 bits per heavy atom. The molecule has 1 N–H and O–H groups in total. The fraction of sp³-hybridized carbons (Fsp3) is 0.200. The molecule has 1 aliphatic heterocycles. The fourth-order valence-electron chi connectivity index (χ4n) is 2.52. The van der Waals surface area contributed by atoms with Crippen molar-refractivity contribution in [3.63, 3.8) is 0 Å². The Hall–Kier alpha value is -1.33. The average molecular weight is 352 g/mol. The van der Waals surface area contributed by atoms with E-state index < -0.39 is 9.84 Å². The van der Waals surface area contributed by atoms with Crippen molar-refractivity contribution in [3.8, 4) is 0 Å². The van der Waals surface area contributed by atoms with Gasteiger partial charge in [0.15, 0.2) is 9.84 Å². The minimum atomic E-state index is -3.17. The molecule has 0 saturated carbocycles. The Kier molecular flexibility index (Phi) is 3.34. The Labute approximate surface area is 127 Å². The number of rotatable bonds is 2. The van der Waals surface area contributed by atoms with E-state index in [-0.39, 0.29) is 11.8 Å². The molecule has 0 aliphatic carbocycles. The zero-order valence-corrected chi connectivity index (χ0v) is 13.3. The first kappa shape index (κ1) is 13.6. The second-order valence-electron chi connectivity index (χ2n) is 4.93. The first-order valence-corrected chi connectivity index (χ1v) is 8.77. The van der Waals surface area contributed by atoms with Gasteiger partial charge in [-0.2, -0.15) is 0 Å². The molecule has 5 heteroatoms. The van der Waals surface area contributed by atoms with Crippen molar-refractivity contribution in [2.24, 2.45) is 0 Å². The maximum absolute atomic E-state index is 12.2. The van der Waals surface area contributed by atoms with Crippen LogP contribution in [0.1, 0.15) is 17.2 Å². The SMILES string of the molecule is Cc1c(Br)cccc1NC1CS(=O)(=O)c2ccccc21. The molecule has 0 fully saturated rings. The second kappa shape index (κ2) is 4.90. The van der Waals surface area contributed by atoms with Gasteiger partial charge in [-0.1, -0.05) is 40.2 Å². The molecule has 0 spiro atoms. The van der Waals surface area contributed by atoms with Crippen molar-refractivity contribution >= 4 is 31.5 Å². The third kappa shape index (κ3) is 2.25. The number of nitrogens with one attached hydrogen (secondary N) is 1. The molecule has 104 valence electrons. The lowest BCUT2D eigenvalue weighted by molar-refractivity contribution is 0.598. The van der Waals surface area contributed by atoms with Crippen molar-refractivity contribution in [3.05, 3.63) is 58.1 Å². The van der Waals surface area contributed by atoms with E-state index in [1.54, 1.807) is 12.1 Å². The van der Waals surface area contributed by atoms with Crippen LogP contribution in [0.3, 0.4) is 0 Å². The molecule has 3 rings (SSSR count). The molecule has 1 unspecified atom stereocenters. The maximum atomic E-state index is 12.2. The molecule has 2 aromatic carbocycles. The van der Waals surface area contributed by atoms with Gasteiger partial charge in [0.2, 0.25) is 0 Å². The largest absolute Gasteiger partial charge is 0.377 e. The highest BCUT2D eigenvalue weighted by Crippen LogP contribution is 2.36. The van der Waals surface area contributed by atoms with Crippen molar-refractivity contribution in [1.29, 1.82) is 0 Å². The number of hydrogen-bond donors (Lipinski definition) is 1. The van der Waals surface area contributed by atoms with Crippen LogP contribution >= 0.6 is 15.9 Å². The third-order valence-corrected chi connectivity index (χ3v) is 6.29. The molecule has 0 aromatic heterocycles. The van der Waals surface area contributed by atoms with Gasteiger partial charge < -0.3 is 5.32 Å². The van der Waals surface area contributed by atoms with Crippen LogP contribution in [0.5, 0.6) is 0 Å². The number of halogens is 1. The Morgan fingerprint density at radius 3 is 2.70 bits per heavy atom. The van der Waals surface area contributed by atoms with Crippen LogP contribution < -0.4 is 5.32 Å². The number of hydrogen-bond acceptors (Lipinski definition) is 3. The summed E-state index contributed by atoms with van der Waals surface area (Å²) >= 11 is 3.49. The highest BCUT2D eigenvalue weighted by molar-refractivity contribution is 9.10. The van der Waals surface area contributed by atoms with Crippen LogP contribution in [0.4, 0.5) is 5.69 Å². The van der Waals surface area contributed by atoms with Crippen molar-refractivity contribution in [1.82, 2.24) is 0 Å². The van der Waals surface area contributed by atoms with E-state index >= 15 is 0 Å². The summed E-state index contributed by atoms with van der Waals surface area (Å²) in [6.07, 6.45) is 0. The van der Waals surface area contributed by atoms with Gasteiger partial charge in [-0.25, -0.2) is 8.42 Å². The molecule has 1 heterocycles. The van der Waals surface area contributed by atoms with Crippen molar-refractivity contribution in [2.75, 3.05) is 11.1 Å². The molecule has 20 heavy (non-hydrogen) atoms. The monoisotopic (exact) mass is 351 g/mol. The summed E-state index contributed by atoms with van der Waals surface area (Å²) in [5.41, 5.74) is 2.89. The number of benzene rings is 2. The molecule has 0 saturated heterocycles. The first-order valence-electron chi connectivity index (χ1n) is 6.32. The van der Waals surface area contributed by atoms with E-state index in [0.717, 1.165) is 21.3 Å². The highest BCUT2D eigenvalue weighted by Gasteiger charge is 2.34. The van der Waals surface area contributed by atoms with E-state index in [1.165, 1.54) is 0 Å². The molecular weight excluding hydrogens is 338 g/mol. The number of sulfone groups is 1. The maximum Gasteiger partial charge on any atom is 0.181 e. The Balaban J connectivity index is 2.00. The zero-order chi connectivity index (χ0) is 14.3. The van der Waals surface area contributed by atoms with E-state index in [1.807, 2.05) is 37.3 Å². The van der Waals surface area contributed by atoms with Gasteiger partial charge in [0.05, 0.1) is 16.7 Å². The summed E-state index contributed by atoms with van der Waals surface area (Å²) in [7, 11) is -3.17. The predicted molar refractivity (Wildman–Crippen MR) is 83.7 cm³/mol. The highest BCUT2D eigenvalue weighted by atomic mass is 79.9. The lowest BCUT2D eigenvalue weighted by Crippen LogP contribution is -2.13. The molecule has 0 radical (unpaired) electrons. The molecular formula is C15H14BrNO2S. The van der Waals surface area contributed by atoms with Gasteiger partial charge in [0.1, 0.15) is 0 Å². The number of fused-ring (bicyclic) bond motifs is 1. The van der Waals surface area contributed by atoms with Gasteiger partial charge in [-0.15, -0.1) is 0 Å². The lowest BCUT2D eigenvalue weighted by atomic mass is 10.1. The lowest BCUT2D eigenvalue weighted by Gasteiger charge is -2.16. The fourth-order valence-corrected chi connectivity index (χ4v) is 4.62. The van der Waals surface area contributed by atoms with Gasteiger partial charge in [-0.3, -0.25) is 0 Å². The Bertz CT molecular complexity index is 771. The topological polar surface area (TPSA) is 46.2 Å².